The predicted octanol–water partition coefficient (Wildman–Crippen LogP) is 4.08. The second kappa shape index (κ2) is 5.69. The van der Waals surface area contributed by atoms with Crippen LogP contribution >= 0.6 is 15.9 Å². The van der Waals surface area contributed by atoms with Crippen LogP contribution < -0.4 is 5.73 Å². The Morgan fingerprint density at radius 1 is 1.19 bits per heavy atom. The fourth-order valence-electron chi connectivity index (χ4n) is 2.24. The van der Waals surface area contributed by atoms with Crippen LogP contribution in [0.15, 0.2) is 59.3 Å². The molecule has 0 saturated heterocycles. The lowest BCUT2D eigenvalue weighted by molar-refractivity contribution is 0.618. The van der Waals surface area contributed by atoms with E-state index in [1.165, 1.54) is 12.1 Å². The summed E-state index contributed by atoms with van der Waals surface area (Å²) in [5.41, 5.74) is 9.42. The number of halogens is 2. The molecule has 106 valence electrons. The maximum Gasteiger partial charge on any atom is 0.124 e. The Morgan fingerprint density at radius 3 is 2.76 bits per heavy atom. The van der Waals surface area contributed by atoms with Gasteiger partial charge in [0.1, 0.15) is 5.82 Å². The van der Waals surface area contributed by atoms with E-state index in [4.69, 9.17) is 5.73 Å². The minimum Gasteiger partial charge on any atom is -0.398 e. The minimum atomic E-state index is -0.265. The van der Waals surface area contributed by atoms with Crippen LogP contribution in [0.2, 0.25) is 0 Å². The van der Waals surface area contributed by atoms with Crippen LogP contribution in [0.1, 0.15) is 5.56 Å². The molecule has 0 aliphatic rings. The molecule has 1 heterocycles. The Balaban J connectivity index is 1.87. The Morgan fingerprint density at radius 2 is 2.00 bits per heavy atom. The summed E-state index contributed by atoms with van der Waals surface area (Å²) in [6.45, 7) is 0.503. The third-order valence-corrected chi connectivity index (χ3v) is 3.63. The van der Waals surface area contributed by atoms with E-state index in [-0.39, 0.29) is 5.82 Å². The summed E-state index contributed by atoms with van der Waals surface area (Å²) in [5.74, 6) is -0.265. The number of nitrogens with zero attached hydrogens (tertiary/aromatic N) is 2. The van der Waals surface area contributed by atoms with Crippen molar-refractivity contribution in [2.45, 2.75) is 6.54 Å². The van der Waals surface area contributed by atoms with Gasteiger partial charge in [0.25, 0.3) is 0 Å². The molecule has 3 nitrogen and oxygen atoms in total. The van der Waals surface area contributed by atoms with Crippen LogP contribution in [-0.4, -0.2) is 9.78 Å². The van der Waals surface area contributed by atoms with Crippen molar-refractivity contribution in [2.75, 3.05) is 5.73 Å². The van der Waals surface area contributed by atoms with E-state index in [1.54, 1.807) is 10.9 Å². The molecule has 0 saturated carbocycles. The number of benzene rings is 2. The van der Waals surface area contributed by atoms with Crippen LogP contribution in [0.5, 0.6) is 0 Å². The van der Waals surface area contributed by atoms with Crippen LogP contribution in [0.3, 0.4) is 0 Å². The van der Waals surface area contributed by atoms with Gasteiger partial charge >= 0.3 is 0 Å². The summed E-state index contributed by atoms with van der Waals surface area (Å²) in [5, 5.41) is 4.31. The van der Waals surface area contributed by atoms with Crippen molar-refractivity contribution >= 4 is 21.6 Å². The molecule has 5 heteroatoms. The smallest absolute Gasteiger partial charge is 0.124 e. The van der Waals surface area contributed by atoms with Crippen LogP contribution in [0.25, 0.3) is 11.1 Å². The van der Waals surface area contributed by atoms with E-state index < -0.39 is 0 Å². The molecule has 0 unspecified atom stereocenters. The summed E-state index contributed by atoms with van der Waals surface area (Å²) in [6, 6.07) is 12.5. The fraction of sp³-hybridized carbons (Fsp3) is 0.0625. The topological polar surface area (TPSA) is 43.8 Å². The first-order valence-electron chi connectivity index (χ1n) is 6.44. The van der Waals surface area contributed by atoms with Crippen molar-refractivity contribution < 1.29 is 4.39 Å². The van der Waals surface area contributed by atoms with Crippen LogP contribution in [0.4, 0.5) is 10.1 Å². The number of nitrogen functional groups attached to an aromatic ring is 1. The predicted molar refractivity (Wildman–Crippen MR) is 85.3 cm³/mol. The largest absolute Gasteiger partial charge is 0.398 e. The van der Waals surface area contributed by atoms with Gasteiger partial charge in [0.05, 0.1) is 12.7 Å². The zero-order valence-corrected chi connectivity index (χ0v) is 12.7. The lowest BCUT2D eigenvalue weighted by Gasteiger charge is -2.04. The van der Waals surface area contributed by atoms with E-state index in [9.17, 15) is 4.39 Å². The quantitative estimate of drug-likeness (QED) is 0.726. The fourth-order valence-corrected chi connectivity index (χ4v) is 2.75. The van der Waals surface area contributed by atoms with Gasteiger partial charge in [-0.3, -0.25) is 4.68 Å². The molecule has 0 fully saturated rings. The maximum absolute atomic E-state index is 13.4. The van der Waals surface area contributed by atoms with Crippen molar-refractivity contribution in [2.24, 2.45) is 0 Å². The van der Waals surface area contributed by atoms with E-state index in [2.05, 4.69) is 21.0 Å². The van der Waals surface area contributed by atoms with Gasteiger partial charge in [-0.25, -0.2) is 4.39 Å². The third kappa shape index (κ3) is 3.13. The van der Waals surface area contributed by atoms with E-state index in [0.29, 0.717) is 12.2 Å². The highest BCUT2D eigenvalue weighted by Crippen LogP contribution is 2.25. The van der Waals surface area contributed by atoms with Crippen LogP contribution in [0, 0.1) is 5.82 Å². The van der Waals surface area contributed by atoms with Gasteiger partial charge < -0.3 is 5.73 Å². The van der Waals surface area contributed by atoms with E-state index in [0.717, 1.165) is 21.2 Å². The molecule has 0 bridgehead atoms. The lowest BCUT2D eigenvalue weighted by Crippen LogP contribution is -2.00. The van der Waals surface area contributed by atoms with Gasteiger partial charge in [-0.1, -0.05) is 34.1 Å². The van der Waals surface area contributed by atoms with Crippen molar-refractivity contribution in [3.05, 3.63) is 70.7 Å². The summed E-state index contributed by atoms with van der Waals surface area (Å²) >= 11 is 3.29. The second-order valence-electron chi connectivity index (χ2n) is 4.79. The van der Waals surface area contributed by atoms with Gasteiger partial charge in [-0.2, -0.15) is 5.10 Å². The summed E-state index contributed by atoms with van der Waals surface area (Å²) in [4.78, 5) is 0. The number of rotatable bonds is 3. The molecule has 3 rings (SSSR count). The normalized spacial score (nSPS) is 10.8. The highest BCUT2D eigenvalue weighted by molar-refractivity contribution is 9.10. The lowest BCUT2D eigenvalue weighted by atomic mass is 10.1. The van der Waals surface area contributed by atoms with E-state index in [1.807, 2.05) is 36.5 Å². The number of aromatic nitrogens is 2. The second-order valence-corrected chi connectivity index (χ2v) is 5.71. The summed E-state index contributed by atoms with van der Waals surface area (Å²) in [7, 11) is 0. The first-order chi connectivity index (χ1) is 10.1. The first-order valence-corrected chi connectivity index (χ1v) is 7.23. The molecule has 0 aliphatic heterocycles. The molecular formula is C16H13BrFN3. The molecule has 1 aromatic heterocycles. The standard InChI is InChI=1S/C16H13BrFN3/c17-13-5-11(6-14(18)7-13)9-21-10-12(8-20-21)15-3-1-2-4-16(15)19/h1-8,10H,9,19H2. The third-order valence-electron chi connectivity index (χ3n) is 3.17. The number of para-hydroxylation sites is 1. The highest BCUT2D eigenvalue weighted by Gasteiger charge is 2.06. The molecule has 0 aliphatic carbocycles. The van der Waals surface area contributed by atoms with Crippen molar-refractivity contribution in [3.63, 3.8) is 0 Å². The molecule has 0 spiro atoms. The SMILES string of the molecule is Nc1ccccc1-c1cnn(Cc2cc(F)cc(Br)c2)c1. The Labute approximate surface area is 130 Å². The number of hydrogen-bond acceptors (Lipinski definition) is 2. The number of nitrogens with two attached hydrogens (primary N) is 1. The van der Waals surface area contributed by atoms with Crippen molar-refractivity contribution in [3.8, 4) is 11.1 Å². The Hall–Kier alpha value is -2.14. The molecule has 3 aromatic rings. The van der Waals surface area contributed by atoms with Gasteiger partial charge in [-0.15, -0.1) is 0 Å². The zero-order chi connectivity index (χ0) is 14.8. The van der Waals surface area contributed by atoms with Gasteiger partial charge in [0.2, 0.25) is 0 Å². The summed E-state index contributed by atoms with van der Waals surface area (Å²) in [6.07, 6.45) is 3.67. The molecule has 0 radical (unpaired) electrons. The molecule has 0 amide bonds. The van der Waals surface area contributed by atoms with Gasteiger partial charge in [0, 0.05) is 27.5 Å². The Bertz CT molecular complexity index is 762. The molecular weight excluding hydrogens is 333 g/mol. The van der Waals surface area contributed by atoms with Gasteiger partial charge in [-0.05, 0) is 29.8 Å². The number of hydrogen-bond donors (Lipinski definition) is 1. The molecule has 2 N–H and O–H groups in total. The zero-order valence-electron chi connectivity index (χ0n) is 11.1. The number of anilines is 1. The minimum absolute atomic E-state index is 0.265. The highest BCUT2D eigenvalue weighted by atomic mass is 79.9. The van der Waals surface area contributed by atoms with Gasteiger partial charge in [0.15, 0.2) is 0 Å². The monoisotopic (exact) mass is 345 g/mol. The van der Waals surface area contributed by atoms with Crippen molar-refractivity contribution in [1.29, 1.82) is 0 Å². The first kappa shape index (κ1) is 13.8. The average Bonchev–Trinajstić information content (AvgIpc) is 2.86. The van der Waals surface area contributed by atoms with Crippen LogP contribution in [-0.2, 0) is 6.54 Å². The molecule has 0 atom stereocenters. The molecule has 21 heavy (non-hydrogen) atoms. The molecule has 2 aromatic carbocycles. The Kier molecular flexibility index (Phi) is 3.75. The summed E-state index contributed by atoms with van der Waals surface area (Å²) < 4.78 is 15.9. The average molecular weight is 346 g/mol. The maximum atomic E-state index is 13.4. The van der Waals surface area contributed by atoms with Crippen molar-refractivity contribution in [1.82, 2.24) is 9.78 Å². The van der Waals surface area contributed by atoms with E-state index >= 15 is 0 Å².